The largest absolute Gasteiger partial charge is 0.385 e. The van der Waals surface area contributed by atoms with Crippen LogP contribution in [0.4, 0.5) is 11.4 Å². The number of anilines is 2. The van der Waals surface area contributed by atoms with E-state index in [0.717, 1.165) is 38.8 Å². The number of nitrogens with one attached hydrogen (secondary N) is 1. The number of hydrogen-bond acceptors (Lipinski definition) is 4. The number of morpholine rings is 1. The van der Waals surface area contributed by atoms with Crippen molar-refractivity contribution in [1.29, 1.82) is 0 Å². The zero-order valence-corrected chi connectivity index (χ0v) is 12.8. The summed E-state index contributed by atoms with van der Waals surface area (Å²) in [5.41, 5.74) is 8.48. The van der Waals surface area contributed by atoms with E-state index in [1.54, 1.807) is 0 Å². The van der Waals surface area contributed by atoms with Gasteiger partial charge in [0.05, 0.1) is 13.2 Å². The molecule has 0 atom stereocenters. The maximum Gasteiger partial charge on any atom is 0.0642 e. The van der Waals surface area contributed by atoms with Gasteiger partial charge in [0.1, 0.15) is 0 Å². The van der Waals surface area contributed by atoms with Crippen molar-refractivity contribution in [2.45, 2.75) is 31.7 Å². The summed E-state index contributed by atoms with van der Waals surface area (Å²) in [4.78, 5) is 2.38. The Kier molecular flexibility index (Phi) is 4.99. The molecule has 2 fully saturated rings. The third-order valence-corrected chi connectivity index (χ3v) is 4.73. The van der Waals surface area contributed by atoms with Crippen molar-refractivity contribution in [3.63, 3.8) is 0 Å². The highest BCUT2D eigenvalue weighted by Gasteiger charge is 2.18. The van der Waals surface area contributed by atoms with Crippen LogP contribution >= 0.6 is 0 Å². The van der Waals surface area contributed by atoms with Crippen molar-refractivity contribution in [3.05, 3.63) is 24.3 Å². The average Bonchev–Trinajstić information content (AvgIpc) is 2.56. The fraction of sp³-hybridized carbons (Fsp3) is 0.647. The maximum atomic E-state index is 5.96. The van der Waals surface area contributed by atoms with Crippen LogP contribution in [0.1, 0.15) is 25.7 Å². The first kappa shape index (κ1) is 14.7. The summed E-state index contributed by atoms with van der Waals surface area (Å²) in [7, 11) is 0. The summed E-state index contributed by atoms with van der Waals surface area (Å²) in [6.45, 7) is 4.74. The third-order valence-electron chi connectivity index (χ3n) is 4.73. The smallest absolute Gasteiger partial charge is 0.0642 e. The molecule has 1 aliphatic heterocycles. The molecule has 4 nitrogen and oxygen atoms in total. The molecule has 2 aliphatic rings. The van der Waals surface area contributed by atoms with E-state index in [1.807, 2.05) is 0 Å². The summed E-state index contributed by atoms with van der Waals surface area (Å²) in [6.07, 6.45) is 4.89. The number of benzene rings is 1. The SMILES string of the molecule is NC1CCC(CNc2ccc(N3CCOCC3)cc2)CC1. The average molecular weight is 289 g/mol. The zero-order valence-electron chi connectivity index (χ0n) is 12.8. The van der Waals surface area contributed by atoms with Crippen LogP contribution in [0.25, 0.3) is 0 Å². The summed E-state index contributed by atoms with van der Waals surface area (Å²) >= 11 is 0. The van der Waals surface area contributed by atoms with Crippen LogP contribution in [0.2, 0.25) is 0 Å². The van der Waals surface area contributed by atoms with Gasteiger partial charge in [0.25, 0.3) is 0 Å². The number of rotatable bonds is 4. The van der Waals surface area contributed by atoms with Gasteiger partial charge >= 0.3 is 0 Å². The molecule has 0 radical (unpaired) electrons. The minimum atomic E-state index is 0.439. The van der Waals surface area contributed by atoms with Crippen molar-refractivity contribution < 1.29 is 4.74 Å². The van der Waals surface area contributed by atoms with Gasteiger partial charge in [0.15, 0.2) is 0 Å². The van der Waals surface area contributed by atoms with E-state index in [1.165, 1.54) is 37.1 Å². The molecule has 116 valence electrons. The van der Waals surface area contributed by atoms with Crippen LogP contribution in [0.15, 0.2) is 24.3 Å². The first-order chi connectivity index (χ1) is 10.3. The highest BCUT2D eigenvalue weighted by atomic mass is 16.5. The second-order valence-corrected chi connectivity index (χ2v) is 6.31. The van der Waals surface area contributed by atoms with E-state index in [-0.39, 0.29) is 0 Å². The number of hydrogen-bond donors (Lipinski definition) is 2. The highest BCUT2D eigenvalue weighted by Crippen LogP contribution is 2.24. The summed E-state index contributed by atoms with van der Waals surface area (Å²) in [5.74, 6) is 0.781. The van der Waals surface area contributed by atoms with Crippen LogP contribution < -0.4 is 16.0 Å². The van der Waals surface area contributed by atoms with Crippen molar-refractivity contribution in [2.24, 2.45) is 11.7 Å². The Morgan fingerprint density at radius 3 is 2.38 bits per heavy atom. The Balaban J connectivity index is 1.48. The topological polar surface area (TPSA) is 50.5 Å². The quantitative estimate of drug-likeness (QED) is 0.894. The standard InChI is InChI=1S/C17H27N3O/c18-15-3-1-14(2-4-15)13-19-16-5-7-17(8-6-16)20-9-11-21-12-10-20/h5-8,14-15,19H,1-4,9-13,18H2. The van der Waals surface area contributed by atoms with Gasteiger partial charge in [-0.2, -0.15) is 0 Å². The van der Waals surface area contributed by atoms with Gasteiger partial charge in [-0.25, -0.2) is 0 Å². The Labute approximate surface area is 127 Å². The van der Waals surface area contributed by atoms with Gasteiger partial charge in [-0.05, 0) is 55.9 Å². The lowest BCUT2D eigenvalue weighted by Gasteiger charge is -2.29. The molecular weight excluding hydrogens is 262 g/mol. The second kappa shape index (κ2) is 7.14. The predicted molar refractivity (Wildman–Crippen MR) is 87.9 cm³/mol. The van der Waals surface area contributed by atoms with E-state index < -0.39 is 0 Å². The first-order valence-electron chi connectivity index (χ1n) is 8.23. The van der Waals surface area contributed by atoms with Gasteiger partial charge in [-0.1, -0.05) is 0 Å². The normalized spacial score (nSPS) is 26.6. The molecule has 1 saturated carbocycles. The van der Waals surface area contributed by atoms with Crippen LogP contribution in [0.5, 0.6) is 0 Å². The van der Waals surface area contributed by atoms with Gasteiger partial charge in [0.2, 0.25) is 0 Å². The number of ether oxygens (including phenoxy) is 1. The Hall–Kier alpha value is -1.26. The molecule has 0 spiro atoms. The van der Waals surface area contributed by atoms with Gasteiger partial charge in [-0.3, -0.25) is 0 Å². The molecule has 0 aromatic heterocycles. The number of nitrogens with zero attached hydrogens (tertiary/aromatic N) is 1. The highest BCUT2D eigenvalue weighted by molar-refractivity contribution is 5.55. The molecule has 1 aromatic carbocycles. The summed E-state index contributed by atoms with van der Waals surface area (Å²) in [5, 5.41) is 3.58. The van der Waals surface area contributed by atoms with Crippen LogP contribution in [-0.4, -0.2) is 38.9 Å². The first-order valence-corrected chi connectivity index (χ1v) is 8.23. The molecule has 0 unspecified atom stereocenters. The number of nitrogens with two attached hydrogens (primary N) is 1. The lowest BCUT2D eigenvalue weighted by atomic mass is 9.86. The zero-order chi connectivity index (χ0) is 14.5. The molecule has 1 aromatic rings. The van der Waals surface area contributed by atoms with Gasteiger partial charge in [0, 0.05) is 37.1 Å². The van der Waals surface area contributed by atoms with E-state index in [0.29, 0.717) is 6.04 Å². The van der Waals surface area contributed by atoms with Gasteiger partial charge in [-0.15, -0.1) is 0 Å². The van der Waals surface area contributed by atoms with Crippen LogP contribution in [0.3, 0.4) is 0 Å². The Bertz CT molecular complexity index is 420. The van der Waals surface area contributed by atoms with Crippen molar-refractivity contribution in [1.82, 2.24) is 0 Å². The lowest BCUT2D eigenvalue weighted by molar-refractivity contribution is 0.122. The minimum Gasteiger partial charge on any atom is -0.385 e. The molecule has 1 saturated heterocycles. The monoisotopic (exact) mass is 289 g/mol. The van der Waals surface area contributed by atoms with Crippen molar-refractivity contribution in [3.8, 4) is 0 Å². The summed E-state index contributed by atoms with van der Waals surface area (Å²) in [6, 6.07) is 9.25. The van der Waals surface area contributed by atoms with Crippen molar-refractivity contribution >= 4 is 11.4 Å². The van der Waals surface area contributed by atoms with E-state index in [4.69, 9.17) is 10.5 Å². The Morgan fingerprint density at radius 2 is 1.71 bits per heavy atom. The van der Waals surface area contributed by atoms with E-state index >= 15 is 0 Å². The third kappa shape index (κ3) is 4.11. The predicted octanol–water partition coefficient (Wildman–Crippen LogP) is 2.45. The molecule has 3 N–H and O–H groups in total. The molecule has 21 heavy (non-hydrogen) atoms. The Morgan fingerprint density at radius 1 is 1.05 bits per heavy atom. The van der Waals surface area contributed by atoms with E-state index in [2.05, 4.69) is 34.5 Å². The molecule has 0 amide bonds. The molecule has 3 rings (SSSR count). The van der Waals surface area contributed by atoms with Crippen LogP contribution in [-0.2, 0) is 4.74 Å². The maximum absolute atomic E-state index is 5.96. The second-order valence-electron chi connectivity index (χ2n) is 6.31. The molecular formula is C17H27N3O. The lowest BCUT2D eigenvalue weighted by Crippen LogP contribution is -2.36. The van der Waals surface area contributed by atoms with E-state index in [9.17, 15) is 0 Å². The van der Waals surface area contributed by atoms with Crippen LogP contribution in [0, 0.1) is 5.92 Å². The molecule has 1 aliphatic carbocycles. The summed E-state index contributed by atoms with van der Waals surface area (Å²) < 4.78 is 5.40. The van der Waals surface area contributed by atoms with Crippen molar-refractivity contribution in [2.75, 3.05) is 43.1 Å². The molecule has 1 heterocycles. The fourth-order valence-corrected chi connectivity index (χ4v) is 3.27. The minimum absolute atomic E-state index is 0.439. The molecule has 4 heteroatoms. The molecule has 0 bridgehead atoms. The fourth-order valence-electron chi connectivity index (χ4n) is 3.27. The van der Waals surface area contributed by atoms with Gasteiger partial charge < -0.3 is 20.7 Å².